The standard InChI is InChI=1S/C15H26ClN3/c1-5-7-10-19(12(3)6-2)11-14-13(16)8-9-15(17-4)18-14/h8-9,12H,5-7,10-11H2,1-4H3,(H,17,18). The van der Waals surface area contributed by atoms with Gasteiger partial charge in [-0.1, -0.05) is 31.9 Å². The number of rotatable bonds is 8. The predicted molar refractivity (Wildman–Crippen MR) is 83.9 cm³/mol. The molecule has 0 radical (unpaired) electrons. The molecule has 3 nitrogen and oxygen atoms in total. The Balaban J connectivity index is 2.82. The lowest BCUT2D eigenvalue weighted by Crippen LogP contribution is -2.33. The van der Waals surface area contributed by atoms with Gasteiger partial charge in [-0.25, -0.2) is 4.98 Å². The SMILES string of the molecule is CCCCN(Cc1nc(NC)ccc1Cl)C(C)CC. The Labute approximate surface area is 122 Å². The lowest BCUT2D eigenvalue weighted by molar-refractivity contribution is 0.190. The molecule has 1 N–H and O–H groups in total. The molecule has 0 aliphatic rings. The fourth-order valence-electron chi connectivity index (χ4n) is 2.00. The second-order valence-corrected chi connectivity index (χ2v) is 5.36. The van der Waals surface area contributed by atoms with E-state index in [0.29, 0.717) is 6.04 Å². The Bertz CT molecular complexity index is 382. The molecule has 1 rings (SSSR count). The summed E-state index contributed by atoms with van der Waals surface area (Å²) in [6.07, 6.45) is 3.57. The van der Waals surface area contributed by atoms with Crippen LogP contribution in [0, 0.1) is 0 Å². The van der Waals surface area contributed by atoms with Crippen molar-refractivity contribution in [3.8, 4) is 0 Å². The van der Waals surface area contributed by atoms with Gasteiger partial charge in [-0.05, 0) is 38.4 Å². The van der Waals surface area contributed by atoms with Gasteiger partial charge < -0.3 is 5.32 Å². The minimum atomic E-state index is 0.558. The zero-order valence-electron chi connectivity index (χ0n) is 12.5. The van der Waals surface area contributed by atoms with Crippen molar-refractivity contribution in [2.45, 2.75) is 52.6 Å². The number of hydrogen-bond acceptors (Lipinski definition) is 3. The van der Waals surface area contributed by atoms with E-state index in [-0.39, 0.29) is 0 Å². The van der Waals surface area contributed by atoms with Crippen molar-refractivity contribution in [3.63, 3.8) is 0 Å². The first-order chi connectivity index (χ1) is 9.12. The highest BCUT2D eigenvalue weighted by Gasteiger charge is 2.15. The first kappa shape index (κ1) is 16.3. The molecular formula is C15H26ClN3. The molecule has 1 aromatic heterocycles. The van der Waals surface area contributed by atoms with Crippen molar-refractivity contribution in [1.29, 1.82) is 0 Å². The fraction of sp³-hybridized carbons (Fsp3) is 0.667. The summed E-state index contributed by atoms with van der Waals surface area (Å²) in [7, 11) is 1.88. The largest absolute Gasteiger partial charge is 0.373 e. The summed E-state index contributed by atoms with van der Waals surface area (Å²) in [5, 5.41) is 3.82. The van der Waals surface area contributed by atoms with Crippen LogP contribution >= 0.6 is 11.6 Å². The van der Waals surface area contributed by atoms with E-state index in [0.717, 1.165) is 36.0 Å². The Morgan fingerprint density at radius 1 is 1.37 bits per heavy atom. The quantitative estimate of drug-likeness (QED) is 0.776. The highest BCUT2D eigenvalue weighted by atomic mass is 35.5. The summed E-state index contributed by atoms with van der Waals surface area (Å²) in [4.78, 5) is 7.04. The Morgan fingerprint density at radius 2 is 2.11 bits per heavy atom. The van der Waals surface area contributed by atoms with E-state index in [2.05, 4.69) is 36.0 Å². The van der Waals surface area contributed by atoms with Gasteiger partial charge in [0.2, 0.25) is 0 Å². The maximum atomic E-state index is 6.26. The molecule has 0 saturated carbocycles. The molecule has 1 atom stereocenters. The summed E-state index contributed by atoms with van der Waals surface area (Å²) < 4.78 is 0. The maximum Gasteiger partial charge on any atom is 0.126 e. The van der Waals surface area contributed by atoms with Crippen LogP contribution in [0.25, 0.3) is 0 Å². The average Bonchev–Trinajstić information content (AvgIpc) is 2.44. The Hall–Kier alpha value is -0.800. The molecule has 19 heavy (non-hydrogen) atoms. The lowest BCUT2D eigenvalue weighted by atomic mass is 10.2. The molecule has 0 spiro atoms. The molecule has 1 unspecified atom stereocenters. The monoisotopic (exact) mass is 283 g/mol. The van der Waals surface area contributed by atoms with Crippen molar-refractivity contribution in [2.24, 2.45) is 0 Å². The van der Waals surface area contributed by atoms with Gasteiger partial charge >= 0.3 is 0 Å². The number of halogens is 1. The molecule has 0 fully saturated rings. The minimum Gasteiger partial charge on any atom is -0.373 e. The predicted octanol–water partition coefficient (Wildman–Crippen LogP) is 4.18. The van der Waals surface area contributed by atoms with Gasteiger partial charge in [-0.2, -0.15) is 0 Å². The zero-order valence-corrected chi connectivity index (χ0v) is 13.3. The average molecular weight is 284 g/mol. The maximum absolute atomic E-state index is 6.26. The van der Waals surface area contributed by atoms with Crippen LogP contribution < -0.4 is 5.32 Å². The summed E-state index contributed by atoms with van der Waals surface area (Å²) >= 11 is 6.26. The normalized spacial score (nSPS) is 12.7. The van der Waals surface area contributed by atoms with Gasteiger partial charge in [0.05, 0.1) is 10.7 Å². The van der Waals surface area contributed by atoms with Crippen molar-refractivity contribution >= 4 is 17.4 Å². The highest BCUT2D eigenvalue weighted by Crippen LogP contribution is 2.20. The molecule has 0 amide bonds. The Morgan fingerprint density at radius 3 is 2.68 bits per heavy atom. The van der Waals surface area contributed by atoms with Gasteiger partial charge in [0.1, 0.15) is 5.82 Å². The highest BCUT2D eigenvalue weighted by molar-refractivity contribution is 6.31. The summed E-state index contributed by atoms with van der Waals surface area (Å²) in [6.45, 7) is 8.65. The van der Waals surface area contributed by atoms with E-state index in [1.54, 1.807) is 0 Å². The third-order valence-electron chi connectivity index (χ3n) is 3.54. The second-order valence-electron chi connectivity index (χ2n) is 4.96. The third kappa shape index (κ3) is 5.00. The van der Waals surface area contributed by atoms with Crippen LogP contribution in [0.3, 0.4) is 0 Å². The molecule has 4 heteroatoms. The number of nitrogens with zero attached hydrogens (tertiary/aromatic N) is 2. The summed E-state index contributed by atoms with van der Waals surface area (Å²) in [5.74, 6) is 0.874. The summed E-state index contributed by atoms with van der Waals surface area (Å²) in [5.41, 5.74) is 0.963. The van der Waals surface area contributed by atoms with Gasteiger partial charge in [0.15, 0.2) is 0 Å². The topological polar surface area (TPSA) is 28.2 Å². The summed E-state index contributed by atoms with van der Waals surface area (Å²) in [6, 6.07) is 4.39. The van der Waals surface area contributed by atoms with Crippen LogP contribution in [-0.2, 0) is 6.54 Å². The van der Waals surface area contributed by atoms with Crippen molar-refractivity contribution in [2.75, 3.05) is 18.9 Å². The number of unbranched alkanes of at least 4 members (excludes halogenated alkanes) is 1. The molecule has 0 aliphatic heterocycles. The molecule has 0 aromatic carbocycles. The zero-order chi connectivity index (χ0) is 14.3. The van der Waals surface area contributed by atoms with Crippen molar-refractivity contribution in [3.05, 3.63) is 22.8 Å². The van der Waals surface area contributed by atoms with E-state index in [1.807, 2.05) is 19.2 Å². The van der Waals surface area contributed by atoms with Crippen LogP contribution in [-0.4, -0.2) is 29.5 Å². The minimum absolute atomic E-state index is 0.558. The third-order valence-corrected chi connectivity index (χ3v) is 3.88. The molecular weight excluding hydrogens is 258 g/mol. The number of anilines is 1. The van der Waals surface area contributed by atoms with Gasteiger partial charge in [0.25, 0.3) is 0 Å². The van der Waals surface area contributed by atoms with Crippen LogP contribution in [0.15, 0.2) is 12.1 Å². The van der Waals surface area contributed by atoms with Gasteiger partial charge in [0, 0.05) is 19.6 Å². The number of pyridine rings is 1. The van der Waals surface area contributed by atoms with E-state index < -0.39 is 0 Å². The number of aromatic nitrogens is 1. The van der Waals surface area contributed by atoms with Crippen LogP contribution in [0.5, 0.6) is 0 Å². The Kier molecular flexibility index (Phi) is 7.17. The fourth-order valence-corrected chi connectivity index (χ4v) is 2.17. The molecule has 1 aromatic rings. The number of hydrogen-bond donors (Lipinski definition) is 1. The van der Waals surface area contributed by atoms with Crippen LogP contribution in [0.4, 0.5) is 5.82 Å². The van der Waals surface area contributed by atoms with E-state index in [9.17, 15) is 0 Å². The lowest BCUT2D eigenvalue weighted by Gasteiger charge is -2.28. The van der Waals surface area contributed by atoms with E-state index >= 15 is 0 Å². The molecule has 0 bridgehead atoms. The van der Waals surface area contributed by atoms with E-state index in [1.165, 1.54) is 12.8 Å². The second kappa shape index (κ2) is 8.39. The van der Waals surface area contributed by atoms with E-state index in [4.69, 9.17) is 11.6 Å². The molecule has 108 valence electrons. The first-order valence-corrected chi connectivity index (χ1v) is 7.57. The number of nitrogens with one attached hydrogen (secondary N) is 1. The van der Waals surface area contributed by atoms with Gasteiger partial charge in [-0.15, -0.1) is 0 Å². The molecule has 0 aliphatic carbocycles. The van der Waals surface area contributed by atoms with Crippen molar-refractivity contribution < 1.29 is 0 Å². The van der Waals surface area contributed by atoms with Crippen molar-refractivity contribution in [1.82, 2.24) is 9.88 Å². The first-order valence-electron chi connectivity index (χ1n) is 7.19. The van der Waals surface area contributed by atoms with Gasteiger partial charge in [-0.3, -0.25) is 4.90 Å². The molecule has 1 heterocycles. The van der Waals surface area contributed by atoms with Crippen LogP contribution in [0.1, 0.15) is 45.7 Å². The van der Waals surface area contributed by atoms with Crippen LogP contribution in [0.2, 0.25) is 5.02 Å². The molecule has 0 saturated heterocycles. The smallest absolute Gasteiger partial charge is 0.126 e.